The predicted octanol–water partition coefficient (Wildman–Crippen LogP) is 4.12. The van der Waals surface area contributed by atoms with Gasteiger partial charge in [-0.1, -0.05) is 11.3 Å². The highest BCUT2D eigenvalue weighted by atomic mass is 32.2. The number of nitrogens with one attached hydrogen (secondary N) is 1. The minimum absolute atomic E-state index is 0.134. The Labute approximate surface area is 217 Å². The second kappa shape index (κ2) is 8.14. The van der Waals surface area contributed by atoms with E-state index in [0.717, 1.165) is 87.5 Å². The number of fused-ring (bicyclic) bond motifs is 1. The zero-order chi connectivity index (χ0) is 25.6. The van der Waals surface area contributed by atoms with Crippen molar-refractivity contribution >= 4 is 32.7 Å². The van der Waals surface area contributed by atoms with Gasteiger partial charge in [-0.05, 0) is 51.5 Å². The van der Waals surface area contributed by atoms with Crippen LogP contribution in [0.5, 0.6) is 0 Å². The topological polar surface area (TPSA) is 102 Å². The third kappa shape index (κ3) is 4.14. The first-order valence-electron chi connectivity index (χ1n) is 12.7. The number of hydrogen-bond acceptors (Lipinski definition) is 8. The van der Waals surface area contributed by atoms with Gasteiger partial charge < -0.3 is 9.64 Å². The highest BCUT2D eigenvalue weighted by molar-refractivity contribution is 7.89. The molecule has 0 radical (unpaired) electrons. The number of ether oxygens (including phenoxy) is 1. The Kier molecular flexibility index (Phi) is 5.25. The average Bonchev–Trinajstić information content (AvgIpc) is 3.72. The molecule has 5 heterocycles. The van der Waals surface area contributed by atoms with Crippen LogP contribution in [-0.2, 0) is 14.8 Å². The van der Waals surface area contributed by atoms with Crippen molar-refractivity contribution < 1.29 is 21.9 Å². The van der Waals surface area contributed by atoms with Crippen molar-refractivity contribution in [2.75, 3.05) is 31.2 Å². The van der Waals surface area contributed by atoms with Crippen molar-refractivity contribution in [3.63, 3.8) is 0 Å². The smallest absolute Gasteiger partial charge is 0.291 e. The molecular weight excluding hydrogens is 522 g/mol. The van der Waals surface area contributed by atoms with Crippen LogP contribution in [0.1, 0.15) is 68.5 Å². The minimum atomic E-state index is -3.82. The molecule has 2 aliphatic heterocycles. The summed E-state index contributed by atoms with van der Waals surface area (Å²) >= 11 is 0.832. The third-order valence-corrected chi connectivity index (χ3v) is 10.7. The molecule has 2 saturated heterocycles. The van der Waals surface area contributed by atoms with Crippen LogP contribution >= 0.6 is 11.3 Å². The molecule has 0 atom stereocenters. The van der Waals surface area contributed by atoms with Crippen molar-refractivity contribution in [3.05, 3.63) is 23.0 Å². The van der Waals surface area contributed by atoms with Gasteiger partial charge in [0.05, 0.1) is 24.6 Å². The quantitative estimate of drug-likeness (QED) is 0.472. The average molecular weight is 551 g/mol. The lowest BCUT2D eigenvalue weighted by Gasteiger charge is -2.47. The van der Waals surface area contributed by atoms with Gasteiger partial charge >= 0.3 is 0 Å². The summed E-state index contributed by atoms with van der Waals surface area (Å²) in [7, 11) is -3.82. The molecular formula is C24H28F2N6O3S2. The van der Waals surface area contributed by atoms with Gasteiger partial charge in [0.15, 0.2) is 15.7 Å². The van der Waals surface area contributed by atoms with Gasteiger partial charge in [-0.2, -0.15) is 0 Å². The first kappa shape index (κ1) is 23.9. The fourth-order valence-corrected chi connectivity index (χ4v) is 7.58. The largest absolute Gasteiger partial charge is 0.380 e. The van der Waals surface area contributed by atoms with E-state index in [1.165, 1.54) is 0 Å². The van der Waals surface area contributed by atoms with Crippen LogP contribution in [0.3, 0.4) is 0 Å². The number of hydrogen-bond donors (Lipinski definition) is 1. The van der Waals surface area contributed by atoms with E-state index < -0.39 is 22.0 Å². The molecule has 3 aromatic heterocycles. The van der Waals surface area contributed by atoms with E-state index in [4.69, 9.17) is 9.72 Å². The molecule has 2 saturated carbocycles. The van der Waals surface area contributed by atoms with Crippen molar-refractivity contribution in [3.8, 4) is 10.7 Å². The maximum absolute atomic E-state index is 13.5. The molecule has 13 heteroatoms. The molecule has 198 valence electrons. The number of alkyl halides is 2. The monoisotopic (exact) mass is 550 g/mol. The number of piperidine rings is 1. The zero-order valence-corrected chi connectivity index (χ0v) is 22.0. The third-order valence-electron chi connectivity index (χ3n) is 8.17. The van der Waals surface area contributed by atoms with Gasteiger partial charge in [-0.3, -0.25) is 4.40 Å². The van der Waals surface area contributed by atoms with E-state index in [1.54, 1.807) is 16.7 Å². The first-order valence-corrected chi connectivity index (χ1v) is 15.0. The van der Waals surface area contributed by atoms with Crippen LogP contribution in [0, 0.1) is 5.41 Å². The van der Waals surface area contributed by atoms with Crippen LogP contribution in [0.25, 0.3) is 16.3 Å². The summed E-state index contributed by atoms with van der Waals surface area (Å²) in [6.07, 6.45) is 4.25. The Hall–Kier alpha value is -2.22. The molecule has 7 rings (SSSR count). The number of sulfonamides is 1. The Morgan fingerprint density at radius 3 is 2.46 bits per heavy atom. The number of imidazole rings is 1. The van der Waals surface area contributed by atoms with E-state index in [0.29, 0.717) is 16.3 Å². The fourth-order valence-electron chi connectivity index (χ4n) is 5.35. The van der Waals surface area contributed by atoms with Crippen LogP contribution in [0.15, 0.2) is 17.2 Å². The summed E-state index contributed by atoms with van der Waals surface area (Å²) in [5.41, 5.74) is 2.50. The summed E-state index contributed by atoms with van der Waals surface area (Å²) in [6.45, 7) is 4.98. The first-order chi connectivity index (χ1) is 17.7. The van der Waals surface area contributed by atoms with Crippen LogP contribution in [0.4, 0.5) is 14.5 Å². The van der Waals surface area contributed by atoms with Gasteiger partial charge in [0, 0.05) is 36.2 Å². The number of aromatic nitrogens is 4. The van der Waals surface area contributed by atoms with E-state index in [-0.39, 0.29) is 21.2 Å². The van der Waals surface area contributed by atoms with Gasteiger partial charge in [0.2, 0.25) is 10.0 Å². The lowest BCUT2D eigenvalue weighted by molar-refractivity contribution is -0.124. The second-order valence-electron chi connectivity index (χ2n) is 11.3. The lowest BCUT2D eigenvalue weighted by Crippen LogP contribution is -2.51. The maximum Gasteiger partial charge on any atom is 0.291 e. The van der Waals surface area contributed by atoms with Gasteiger partial charge in [-0.15, -0.1) is 10.2 Å². The molecule has 0 amide bonds. The molecule has 37 heavy (non-hydrogen) atoms. The van der Waals surface area contributed by atoms with Gasteiger partial charge in [-0.25, -0.2) is 26.9 Å². The minimum Gasteiger partial charge on any atom is -0.380 e. The molecule has 4 aliphatic rings. The number of nitrogens with zero attached hydrogens (tertiary/aromatic N) is 5. The van der Waals surface area contributed by atoms with E-state index in [2.05, 4.69) is 19.8 Å². The highest BCUT2D eigenvalue weighted by Gasteiger charge is 2.43. The molecule has 0 bridgehead atoms. The maximum atomic E-state index is 13.5. The van der Waals surface area contributed by atoms with Gasteiger partial charge in [0.25, 0.3) is 6.43 Å². The summed E-state index contributed by atoms with van der Waals surface area (Å²) in [6, 6.07) is 1.72. The number of anilines is 1. The molecule has 4 fully saturated rings. The van der Waals surface area contributed by atoms with Crippen molar-refractivity contribution in [1.82, 2.24) is 24.3 Å². The molecule has 1 spiro atoms. The summed E-state index contributed by atoms with van der Waals surface area (Å²) in [5.74, 6) is 0.196. The van der Waals surface area contributed by atoms with Crippen LogP contribution in [-0.4, -0.2) is 59.8 Å². The second-order valence-corrected chi connectivity index (χ2v) is 14.0. The van der Waals surface area contributed by atoms with Crippen molar-refractivity contribution in [2.24, 2.45) is 5.41 Å². The summed E-state index contributed by atoms with van der Waals surface area (Å²) in [4.78, 5) is 7.33. The van der Waals surface area contributed by atoms with E-state index >= 15 is 0 Å². The molecule has 1 N–H and O–H groups in total. The highest BCUT2D eigenvalue weighted by Crippen LogP contribution is 2.47. The fraction of sp³-hybridized carbons (Fsp3) is 0.625. The summed E-state index contributed by atoms with van der Waals surface area (Å²) < 4.78 is 63.9. The Bertz CT molecular complexity index is 1480. The molecule has 0 unspecified atom stereocenters. The van der Waals surface area contributed by atoms with Crippen LogP contribution < -0.4 is 9.62 Å². The van der Waals surface area contributed by atoms with Crippen molar-refractivity contribution in [2.45, 2.75) is 68.2 Å². The molecule has 0 aromatic carbocycles. The van der Waals surface area contributed by atoms with E-state index in [9.17, 15) is 17.2 Å². The molecule has 3 aromatic rings. The predicted molar refractivity (Wildman–Crippen MR) is 134 cm³/mol. The molecule has 9 nitrogen and oxygen atoms in total. The number of pyridine rings is 1. The summed E-state index contributed by atoms with van der Waals surface area (Å²) in [5, 5.41) is 7.74. The number of rotatable bonds is 7. The van der Waals surface area contributed by atoms with E-state index in [1.807, 2.05) is 6.92 Å². The molecule has 2 aliphatic carbocycles. The zero-order valence-electron chi connectivity index (χ0n) is 20.4. The SMILES string of the molecule is CC1(NS(=O)(=O)c2cc(N3CCC4(CC3)COC4)c3nc(C4CC4)c(-c4nnc(C(F)F)s4)n3c2)CC1. The van der Waals surface area contributed by atoms with Crippen LogP contribution in [0.2, 0.25) is 0 Å². The normalized spacial score (nSPS) is 22.6. The standard InChI is InChI=1S/C24H28F2N6O3S2/c1-23(4-5-23)30-37(33,34)15-10-16(31-8-6-24(7-9-31)12-35-13-24)20-27-17(14-2-3-14)18(32(20)11-15)21-28-29-22(36-21)19(25)26/h10-11,14,19,30H,2-9,12-13H2,1H3. The Morgan fingerprint density at radius 2 is 1.89 bits per heavy atom. The number of halogens is 2. The van der Waals surface area contributed by atoms with Gasteiger partial charge in [0.1, 0.15) is 10.6 Å². The lowest BCUT2D eigenvalue weighted by atomic mass is 9.77. The van der Waals surface area contributed by atoms with Crippen molar-refractivity contribution in [1.29, 1.82) is 0 Å². The Balaban J connectivity index is 1.39. The Morgan fingerprint density at radius 1 is 1.16 bits per heavy atom.